The van der Waals surface area contributed by atoms with Crippen LogP contribution in [-0.2, 0) is 14.3 Å². The molecule has 0 fully saturated rings. The van der Waals surface area contributed by atoms with E-state index in [0.29, 0.717) is 17.4 Å². The maximum absolute atomic E-state index is 11.5. The van der Waals surface area contributed by atoms with Gasteiger partial charge in [0.05, 0.1) is 21.1 Å². The Morgan fingerprint density at radius 3 is 2.37 bits per heavy atom. The molecule has 0 aromatic heterocycles. The summed E-state index contributed by atoms with van der Waals surface area (Å²) in [6.45, 7) is 2.31. The van der Waals surface area contributed by atoms with Crippen molar-refractivity contribution in [2.24, 2.45) is 0 Å². The highest BCUT2D eigenvalue weighted by atomic mass is 16.5. The Kier molecular flexibility index (Phi) is 7.75. The van der Waals surface area contributed by atoms with E-state index in [1.165, 1.54) is 6.08 Å². The van der Waals surface area contributed by atoms with Crippen molar-refractivity contribution in [2.75, 3.05) is 27.7 Å². The first-order valence-electron chi connectivity index (χ1n) is 6.23. The number of carbonyl (C=O) groups excluding carboxylic acids is 2. The van der Waals surface area contributed by atoms with Gasteiger partial charge in [0.1, 0.15) is 6.54 Å². The average molecular weight is 269 g/mol. The maximum atomic E-state index is 11.5. The number of ether oxygens (including phenoxy) is 1. The number of aliphatic carboxylic acids is 1. The van der Waals surface area contributed by atoms with Gasteiger partial charge in [0.2, 0.25) is 0 Å². The van der Waals surface area contributed by atoms with Gasteiger partial charge in [-0.15, -0.1) is 0 Å². The molecule has 0 saturated carbocycles. The number of carbonyl (C=O) groups is 2. The van der Waals surface area contributed by atoms with Crippen molar-refractivity contribution in [3.63, 3.8) is 0 Å². The van der Waals surface area contributed by atoms with Crippen LogP contribution in [0.15, 0.2) is 24.3 Å². The molecule has 1 atom stereocenters. The lowest BCUT2D eigenvalue weighted by Gasteiger charge is -2.29. The molecule has 0 aliphatic carbocycles. The summed E-state index contributed by atoms with van der Waals surface area (Å²) >= 11 is 0. The van der Waals surface area contributed by atoms with Crippen LogP contribution in [0.25, 0.3) is 0 Å². The molecule has 5 nitrogen and oxygen atoms in total. The second-order valence-corrected chi connectivity index (χ2v) is 5.32. The Hall–Kier alpha value is -1.62. The van der Waals surface area contributed by atoms with Crippen LogP contribution in [0.2, 0.25) is 0 Å². The summed E-state index contributed by atoms with van der Waals surface area (Å²) in [5, 5.41) is 10.6. The minimum atomic E-state index is -1.22. The van der Waals surface area contributed by atoms with Gasteiger partial charge in [0.25, 0.3) is 0 Å². The zero-order chi connectivity index (χ0) is 14.9. The van der Waals surface area contributed by atoms with Crippen molar-refractivity contribution in [1.29, 1.82) is 0 Å². The van der Waals surface area contributed by atoms with Crippen molar-refractivity contribution in [2.45, 2.75) is 25.9 Å². The number of hydrogen-bond donors (Lipinski definition) is 0. The van der Waals surface area contributed by atoms with E-state index >= 15 is 0 Å². The van der Waals surface area contributed by atoms with Gasteiger partial charge in [-0.3, -0.25) is 0 Å². The third kappa shape index (κ3) is 11.2. The van der Waals surface area contributed by atoms with Crippen LogP contribution in [0.1, 0.15) is 19.8 Å². The molecule has 0 aliphatic heterocycles. The van der Waals surface area contributed by atoms with E-state index in [4.69, 9.17) is 4.74 Å². The number of nitrogens with zero attached hydrogens (tertiary/aromatic N) is 1. The normalized spacial score (nSPS) is 13.9. The molecule has 0 aliphatic rings. The van der Waals surface area contributed by atoms with Gasteiger partial charge in [0, 0.05) is 18.5 Å². The Morgan fingerprint density at radius 1 is 1.26 bits per heavy atom. The summed E-state index contributed by atoms with van der Waals surface area (Å²) in [6.07, 6.45) is 6.45. The van der Waals surface area contributed by atoms with Crippen LogP contribution in [0.3, 0.4) is 0 Å². The summed E-state index contributed by atoms with van der Waals surface area (Å²) in [6, 6.07) is 0. The van der Waals surface area contributed by atoms with Gasteiger partial charge < -0.3 is 19.1 Å². The summed E-state index contributed by atoms with van der Waals surface area (Å²) in [4.78, 5) is 22.2. The fourth-order valence-electron chi connectivity index (χ4n) is 1.52. The third-order valence-electron chi connectivity index (χ3n) is 2.19. The molecule has 1 unspecified atom stereocenters. The maximum Gasteiger partial charge on any atom is 0.330 e. The lowest BCUT2D eigenvalue weighted by Crippen LogP contribution is -2.45. The minimum Gasteiger partial charge on any atom is -0.550 e. The van der Waals surface area contributed by atoms with Gasteiger partial charge >= 0.3 is 5.97 Å². The van der Waals surface area contributed by atoms with Crippen LogP contribution in [0.4, 0.5) is 0 Å². The molecule has 0 aromatic rings. The highest BCUT2D eigenvalue weighted by Crippen LogP contribution is 2.05. The molecule has 0 spiro atoms. The first-order chi connectivity index (χ1) is 8.74. The van der Waals surface area contributed by atoms with E-state index in [-0.39, 0.29) is 6.42 Å². The Labute approximate surface area is 114 Å². The summed E-state index contributed by atoms with van der Waals surface area (Å²) < 4.78 is 5.64. The fraction of sp³-hybridized carbons (Fsp3) is 0.571. The summed E-state index contributed by atoms with van der Waals surface area (Å²) in [5.74, 6) is -1.74. The lowest BCUT2D eigenvalue weighted by atomic mass is 10.2. The van der Waals surface area contributed by atoms with E-state index in [0.717, 1.165) is 0 Å². The monoisotopic (exact) mass is 269 g/mol. The number of allylic oxidation sites excluding steroid dienone is 3. The van der Waals surface area contributed by atoms with Gasteiger partial charge in [-0.25, -0.2) is 4.79 Å². The second-order valence-electron chi connectivity index (χ2n) is 5.32. The predicted molar refractivity (Wildman–Crippen MR) is 71.0 cm³/mol. The highest BCUT2D eigenvalue weighted by Gasteiger charge is 2.21. The molecule has 0 N–H and O–H groups in total. The fourth-order valence-corrected chi connectivity index (χ4v) is 1.52. The quantitative estimate of drug-likeness (QED) is 0.274. The molecule has 0 saturated heterocycles. The van der Waals surface area contributed by atoms with Crippen molar-refractivity contribution in [1.82, 2.24) is 0 Å². The second kappa shape index (κ2) is 8.48. The summed E-state index contributed by atoms with van der Waals surface area (Å²) in [7, 11) is 5.70. The van der Waals surface area contributed by atoms with E-state index in [9.17, 15) is 14.7 Å². The molecule has 0 rings (SSSR count). The largest absolute Gasteiger partial charge is 0.550 e. The number of carboxylic acid groups (broad SMARTS) is 1. The molecular weight excluding hydrogens is 246 g/mol. The molecule has 0 radical (unpaired) electrons. The standard InChI is InChI=1S/C14H23NO4/c1-5-6-7-8-9-14(18)19-12(10-13(16)17)11-15(2,3)4/h5-6,8-9,12H,7,10-11H2,1-4H3/b6-5+,9-8+. The van der Waals surface area contributed by atoms with Crippen LogP contribution < -0.4 is 5.11 Å². The topological polar surface area (TPSA) is 66.4 Å². The van der Waals surface area contributed by atoms with Crippen molar-refractivity contribution in [3.05, 3.63) is 24.3 Å². The molecular formula is C14H23NO4. The van der Waals surface area contributed by atoms with Crippen molar-refractivity contribution in [3.8, 4) is 0 Å². The molecule has 0 aromatic carbocycles. The van der Waals surface area contributed by atoms with Gasteiger partial charge in [0.15, 0.2) is 6.10 Å². The van der Waals surface area contributed by atoms with Crippen molar-refractivity contribution < 1.29 is 23.9 Å². The number of rotatable bonds is 8. The molecule has 19 heavy (non-hydrogen) atoms. The zero-order valence-corrected chi connectivity index (χ0v) is 12.1. The number of likely N-dealkylation sites (N-methyl/N-ethyl adjacent to an activating group) is 1. The van der Waals surface area contributed by atoms with E-state index in [2.05, 4.69) is 0 Å². The van der Waals surface area contributed by atoms with Crippen LogP contribution in [0, 0.1) is 0 Å². The SMILES string of the molecule is C/C=C/C/C=C/C(=O)OC(CC(=O)[O-])C[N+](C)(C)C. The summed E-state index contributed by atoms with van der Waals surface area (Å²) in [5.41, 5.74) is 0. The number of carboxylic acids is 1. The number of esters is 1. The van der Waals surface area contributed by atoms with E-state index < -0.39 is 18.0 Å². The Morgan fingerprint density at radius 2 is 1.89 bits per heavy atom. The first-order valence-corrected chi connectivity index (χ1v) is 6.23. The first kappa shape index (κ1) is 17.4. The van der Waals surface area contributed by atoms with Gasteiger partial charge in [-0.1, -0.05) is 18.2 Å². The van der Waals surface area contributed by atoms with E-state index in [1.54, 1.807) is 6.08 Å². The number of hydrogen-bond acceptors (Lipinski definition) is 4. The molecule has 0 amide bonds. The van der Waals surface area contributed by atoms with Crippen molar-refractivity contribution >= 4 is 11.9 Å². The van der Waals surface area contributed by atoms with Crippen LogP contribution in [0.5, 0.6) is 0 Å². The van der Waals surface area contributed by atoms with E-state index in [1.807, 2.05) is 40.2 Å². The highest BCUT2D eigenvalue weighted by molar-refractivity contribution is 5.82. The van der Waals surface area contributed by atoms with Gasteiger partial charge in [-0.05, 0) is 13.3 Å². The van der Waals surface area contributed by atoms with Gasteiger partial charge in [-0.2, -0.15) is 0 Å². The molecule has 108 valence electrons. The third-order valence-corrected chi connectivity index (χ3v) is 2.19. The average Bonchev–Trinajstić information content (AvgIpc) is 2.20. The Bertz CT molecular complexity index is 353. The van der Waals surface area contributed by atoms with Crippen LogP contribution in [-0.4, -0.2) is 50.2 Å². The number of quaternary nitrogens is 1. The Balaban J connectivity index is 4.42. The molecule has 0 heterocycles. The molecule has 0 bridgehead atoms. The smallest absolute Gasteiger partial charge is 0.330 e. The minimum absolute atomic E-state index is 0.288. The predicted octanol–water partition coefficient (Wildman–Crippen LogP) is 0.267. The zero-order valence-electron chi connectivity index (χ0n) is 12.1. The lowest BCUT2D eigenvalue weighted by molar-refractivity contribution is -0.873. The molecule has 5 heteroatoms. The van der Waals surface area contributed by atoms with Crippen LogP contribution >= 0.6 is 0 Å².